The van der Waals surface area contributed by atoms with E-state index in [0.29, 0.717) is 10.8 Å². The van der Waals surface area contributed by atoms with Crippen LogP contribution in [0, 0.1) is 36.5 Å². The third kappa shape index (κ3) is 3680. The SMILES string of the molecule is C.CC(C)(C)C.CC(C)(C)C.CCC.[C-]#C.[C-]#C.[Y].[Y]. The van der Waals surface area contributed by atoms with E-state index in [-0.39, 0.29) is 72.8 Å². The standard InChI is InChI=1S/2C5H12.C3H8.2C2H.CH4.2Y/c2*1-5(2,3)4;1-3-2;2*1-2;;;/h2*1-4H3;3H2,1-2H3;2*1H;1H4;;/q;;;2*-1;;;. The fraction of sp³-hybridized carbons (Fsp3) is 0.778. The minimum atomic E-state index is 0. The molecule has 0 saturated heterocycles. The second-order valence-electron chi connectivity index (χ2n) is 6.71. The molecule has 0 heterocycles. The predicted octanol–water partition coefficient (Wildman–Crippen LogP) is 6.56. The van der Waals surface area contributed by atoms with Crippen molar-refractivity contribution in [3.63, 3.8) is 0 Å². The number of rotatable bonds is 0. The molecule has 0 saturated carbocycles. The van der Waals surface area contributed by atoms with Gasteiger partial charge in [0.25, 0.3) is 0 Å². The average molecular weight is 432 g/mol. The molecule has 0 aromatic heterocycles. The third-order valence-corrected chi connectivity index (χ3v) is 0. The Kier molecular flexibility index (Phi) is 91.8. The van der Waals surface area contributed by atoms with Crippen LogP contribution >= 0.6 is 0 Å². The summed E-state index contributed by atoms with van der Waals surface area (Å²) in [5.41, 5.74) is 1.00. The second kappa shape index (κ2) is 37.0. The van der Waals surface area contributed by atoms with Crippen molar-refractivity contribution in [3.8, 4) is 12.8 Å². The van der Waals surface area contributed by atoms with Gasteiger partial charge < -0.3 is 25.7 Å². The van der Waals surface area contributed by atoms with Crippen molar-refractivity contribution in [2.75, 3.05) is 0 Å². The first kappa shape index (κ1) is 49.6. The summed E-state index contributed by atoms with van der Waals surface area (Å²) in [5.74, 6) is 0. The number of hydrogen-bond donors (Lipinski definition) is 0. The first-order chi connectivity index (χ1) is 7.41. The van der Waals surface area contributed by atoms with E-state index < -0.39 is 0 Å². The molecule has 0 rings (SSSR count). The molecule has 20 heavy (non-hydrogen) atoms. The van der Waals surface area contributed by atoms with Crippen molar-refractivity contribution in [1.29, 1.82) is 0 Å². The summed E-state index contributed by atoms with van der Waals surface area (Å²) in [6, 6.07) is 0. The van der Waals surface area contributed by atoms with Crippen molar-refractivity contribution in [2.45, 2.75) is 83.1 Å². The van der Waals surface area contributed by atoms with E-state index in [2.05, 4.69) is 82.1 Å². The molecule has 0 nitrogen and oxygen atoms in total. The molecule has 0 amide bonds. The molecule has 0 aliphatic rings. The van der Waals surface area contributed by atoms with Crippen molar-refractivity contribution in [3.05, 3.63) is 12.8 Å². The fourth-order valence-corrected chi connectivity index (χ4v) is 0. The van der Waals surface area contributed by atoms with Crippen LogP contribution < -0.4 is 0 Å². The van der Waals surface area contributed by atoms with Gasteiger partial charge in [0.2, 0.25) is 0 Å². The van der Waals surface area contributed by atoms with Gasteiger partial charge in [-0.25, -0.2) is 0 Å². The molecule has 0 aromatic carbocycles. The zero-order chi connectivity index (χ0) is 15.7. The van der Waals surface area contributed by atoms with Crippen LogP contribution in [0.25, 0.3) is 0 Å². The molecule has 0 aliphatic heterocycles. The zero-order valence-electron chi connectivity index (χ0n) is 15.0. The Morgan fingerprint density at radius 3 is 0.600 bits per heavy atom. The molecule has 0 bridgehead atoms. The van der Waals surface area contributed by atoms with Gasteiger partial charge >= 0.3 is 0 Å². The zero-order valence-corrected chi connectivity index (χ0v) is 20.7. The molecule has 0 atom stereocenters. The van der Waals surface area contributed by atoms with E-state index in [9.17, 15) is 0 Å². The van der Waals surface area contributed by atoms with Crippen LogP contribution in [0.15, 0.2) is 0 Å². The maximum Gasteiger partial charge on any atom is 0 e. The van der Waals surface area contributed by atoms with E-state index in [1.54, 1.807) is 0 Å². The largest absolute Gasteiger partial charge is 0.697 e. The molecular weight excluding hydrogens is 394 g/mol. The normalized spacial score (nSPS) is 7.10. The molecule has 2 radical (unpaired) electrons. The molecule has 0 unspecified atom stereocenters. The summed E-state index contributed by atoms with van der Waals surface area (Å²) in [4.78, 5) is 0. The Balaban J connectivity index is -0.0000000152. The van der Waals surface area contributed by atoms with Gasteiger partial charge in [-0.05, 0) is 10.8 Å². The molecule has 0 aliphatic carbocycles. The van der Waals surface area contributed by atoms with E-state index in [1.165, 1.54) is 6.42 Å². The number of terminal acetylenes is 2. The summed E-state index contributed by atoms with van der Waals surface area (Å²) >= 11 is 0. The smallest absolute Gasteiger partial charge is 0 e. The Labute approximate surface area is 183 Å². The van der Waals surface area contributed by atoms with Gasteiger partial charge in [-0.1, -0.05) is 83.1 Å². The molecular formula is C18H38Y2-2. The van der Waals surface area contributed by atoms with Crippen molar-refractivity contribution in [2.24, 2.45) is 10.8 Å². The summed E-state index contributed by atoms with van der Waals surface area (Å²) < 4.78 is 0. The minimum Gasteiger partial charge on any atom is -0.697 e. The monoisotopic (exact) mass is 432 g/mol. The van der Waals surface area contributed by atoms with Crippen LogP contribution in [0.1, 0.15) is 83.1 Å². The summed E-state index contributed by atoms with van der Waals surface area (Å²) in [7, 11) is 0. The maximum absolute atomic E-state index is 5.25. The van der Waals surface area contributed by atoms with Crippen LogP contribution in [0.2, 0.25) is 0 Å². The number of hydrogen-bond acceptors (Lipinski definition) is 0. The Bertz CT molecular complexity index is 112. The van der Waals surface area contributed by atoms with Crippen LogP contribution in [-0.2, 0) is 65.4 Å². The van der Waals surface area contributed by atoms with Crippen LogP contribution in [0.5, 0.6) is 0 Å². The van der Waals surface area contributed by atoms with Gasteiger partial charge in [0.05, 0.1) is 0 Å². The minimum absolute atomic E-state index is 0. The first-order valence-corrected chi connectivity index (χ1v) is 5.99. The Morgan fingerprint density at radius 2 is 0.600 bits per heavy atom. The van der Waals surface area contributed by atoms with Gasteiger partial charge in [0, 0.05) is 65.4 Å². The van der Waals surface area contributed by atoms with Gasteiger partial charge in [-0.15, -0.1) is 0 Å². The molecule has 0 spiro atoms. The van der Waals surface area contributed by atoms with Gasteiger partial charge in [0.1, 0.15) is 0 Å². The van der Waals surface area contributed by atoms with Crippen LogP contribution in [0.4, 0.5) is 0 Å². The topological polar surface area (TPSA) is 0 Å². The van der Waals surface area contributed by atoms with Crippen LogP contribution in [-0.4, -0.2) is 0 Å². The predicted molar refractivity (Wildman–Crippen MR) is 89.3 cm³/mol. The van der Waals surface area contributed by atoms with Gasteiger partial charge in [0.15, 0.2) is 0 Å². The summed E-state index contributed by atoms with van der Waals surface area (Å²) in [6.45, 7) is 21.8. The van der Waals surface area contributed by atoms with E-state index in [1.807, 2.05) is 0 Å². The molecule has 0 fully saturated rings. The van der Waals surface area contributed by atoms with Crippen molar-refractivity contribution < 1.29 is 65.4 Å². The summed E-state index contributed by atoms with van der Waals surface area (Å²) in [6.07, 6.45) is 19.2. The van der Waals surface area contributed by atoms with E-state index >= 15 is 0 Å². The molecule has 2 heteroatoms. The Morgan fingerprint density at radius 1 is 0.600 bits per heavy atom. The van der Waals surface area contributed by atoms with Crippen molar-refractivity contribution >= 4 is 0 Å². The van der Waals surface area contributed by atoms with Gasteiger partial charge in [-0.3, -0.25) is 0 Å². The van der Waals surface area contributed by atoms with Crippen LogP contribution in [0.3, 0.4) is 0 Å². The van der Waals surface area contributed by atoms with Gasteiger partial charge in [-0.2, -0.15) is 0 Å². The summed E-state index contributed by atoms with van der Waals surface area (Å²) in [5, 5.41) is 0. The average Bonchev–Trinajstić information content (AvgIpc) is 2.06. The Hall–Kier alpha value is 1.33. The maximum atomic E-state index is 5.25. The first-order valence-electron chi connectivity index (χ1n) is 5.99. The quantitative estimate of drug-likeness (QED) is 0.300. The third-order valence-electron chi connectivity index (χ3n) is 0. The molecule has 118 valence electrons. The van der Waals surface area contributed by atoms with E-state index in [0.717, 1.165) is 0 Å². The fourth-order valence-electron chi connectivity index (χ4n) is 0. The van der Waals surface area contributed by atoms with Crippen molar-refractivity contribution in [1.82, 2.24) is 0 Å². The van der Waals surface area contributed by atoms with E-state index in [4.69, 9.17) is 12.8 Å². The second-order valence-corrected chi connectivity index (χ2v) is 6.71. The molecule has 0 aromatic rings. The molecule has 0 N–H and O–H groups in total.